The lowest BCUT2D eigenvalue weighted by Crippen LogP contribution is -2.48. The molecule has 0 amide bonds. The van der Waals surface area contributed by atoms with Gasteiger partial charge in [-0.3, -0.25) is 4.90 Å². The van der Waals surface area contributed by atoms with E-state index in [2.05, 4.69) is 24.1 Å². The fraction of sp³-hybridized carbons (Fsp3) is 1.00. The second kappa shape index (κ2) is 5.55. The van der Waals surface area contributed by atoms with Crippen molar-refractivity contribution in [2.45, 2.75) is 39.2 Å². The second-order valence-corrected chi connectivity index (χ2v) is 3.64. The zero-order valence-electron chi connectivity index (χ0n) is 8.47. The Morgan fingerprint density at radius 1 is 1.25 bits per heavy atom. The molecule has 0 saturated carbocycles. The minimum absolute atomic E-state index is 0.845. The number of piperazine rings is 1. The fourth-order valence-electron chi connectivity index (χ4n) is 2.03. The Balaban J connectivity index is 2.29. The molecule has 2 nitrogen and oxygen atoms in total. The average molecular weight is 170 g/mol. The Kier molecular flexibility index (Phi) is 4.62. The first kappa shape index (κ1) is 10.0. The minimum atomic E-state index is 0.845. The molecule has 2 heteroatoms. The van der Waals surface area contributed by atoms with Crippen LogP contribution in [0.25, 0.3) is 0 Å². The molecule has 0 aromatic heterocycles. The van der Waals surface area contributed by atoms with Gasteiger partial charge in [0.15, 0.2) is 0 Å². The van der Waals surface area contributed by atoms with Gasteiger partial charge in [0.1, 0.15) is 0 Å². The molecule has 0 bridgehead atoms. The maximum Gasteiger partial charge on any atom is 0.0110 e. The summed E-state index contributed by atoms with van der Waals surface area (Å²) in [6.45, 7) is 9.45. The van der Waals surface area contributed by atoms with Gasteiger partial charge < -0.3 is 5.32 Å². The molecular weight excluding hydrogens is 148 g/mol. The zero-order chi connectivity index (χ0) is 8.81. The molecule has 1 atom stereocenters. The van der Waals surface area contributed by atoms with Crippen molar-refractivity contribution in [3.63, 3.8) is 0 Å². The molecule has 1 aliphatic rings. The van der Waals surface area contributed by atoms with Crippen LogP contribution in [0.3, 0.4) is 0 Å². The second-order valence-electron chi connectivity index (χ2n) is 3.64. The predicted octanol–water partition coefficient (Wildman–Crippen LogP) is 1.47. The van der Waals surface area contributed by atoms with E-state index in [0.29, 0.717) is 0 Å². The van der Waals surface area contributed by atoms with E-state index in [1.165, 1.54) is 45.4 Å². The summed E-state index contributed by atoms with van der Waals surface area (Å²) >= 11 is 0. The monoisotopic (exact) mass is 170 g/mol. The maximum absolute atomic E-state index is 3.39. The lowest BCUT2D eigenvalue weighted by atomic mass is 10.1. The molecule has 1 heterocycles. The van der Waals surface area contributed by atoms with E-state index in [0.717, 1.165) is 6.04 Å². The van der Waals surface area contributed by atoms with E-state index < -0.39 is 0 Å². The van der Waals surface area contributed by atoms with Gasteiger partial charge in [0.2, 0.25) is 0 Å². The summed E-state index contributed by atoms with van der Waals surface area (Å²) in [6.07, 6.45) is 4.01. The van der Waals surface area contributed by atoms with Gasteiger partial charge in [-0.1, -0.05) is 20.3 Å². The van der Waals surface area contributed by atoms with Crippen molar-refractivity contribution >= 4 is 0 Å². The van der Waals surface area contributed by atoms with Gasteiger partial charge in [0.05, 0.1) is 0 Å². The topological polar surface area (TPSA) is 15.3 Å². The van der Waals surface area contributed by atoms with Crippen LogP contribution in [0.4, 0.5) is 0 Å². The normalized spacial score (nSPS) is 22.5. The third-order valence-electron chi connectivity index (χ3n) is 2.76. The number of nitrogens with one attached hydrogen (secondary N) is 1. The molecule has 0 aliphatic carbocycles. The summed E-state index contributed by atoms with van der Waals surface area (Å²) in [5, 5.41) is 3.39. The molecule has 1 rings (SSSR count). The van der Waals surface area contributed by atoms with E-state index in [1.807, 2.05) is 0 Å². The third-order valence-corrected chi connectivity index (χ3v) is 2.76. The quantitative estimate of drug-likeness (QED) is 0.687. The fourth-order valence-corrected chi connectivity index (χ4v) is 2.03. The van der Waals surface area contributed by atoms with Crippen molar-refractivity contribution < 1.29 is 0 Å². The SMILES string of the molecule is CCCC(CC)N1CCNCC1. The zero-order valence-corrected chi connectivity index (χ0v) is 8.47. The van der Waals surface area contributed by atoms with E-state index in [9.17, 15) is 0 Å². The molecule has 12 heavy (non-hydrogen) atoms. The maximum atomic E-state index is 3.39. The van der Waals surface area contributed by atoms with Crippen molar-refractivity contribution in [1.82, 2.24) is 10.2 Å². The van der Waals surface area contributed by atoms with Crippen LogP contribution in [0.2, 0.25) is 0 Å². The van der Waals surface area contributed by atoms with Gasteiger partial charge in [0, 0.05) is 32.2 Å². The van der Waals surface area contributed by atoms with E-state index in [4.69, 9.17) is 0 Å². The van der Waals surface area contributed by atoms with Crippen molar-refractivity contribution in [3.05, 3.63) is 0 Å². The van der Waals surface area contributed by atoms with Crippen molar-refractivity contribution in [1.29, 1.82) is 0 Å². The summed E-state index contributed by atoms with van der Waals surface area (Å²) in [4.78, 5) is 2.64. The van der Waals surface area contributed by atoms with Crippen LogP contribution in [0.5, 0.6) is 0 Å². The van der Waals surface area contributed by atoms with Gasteiger partial charge >= 0.3 is 0 Å². The number of rotatable bonds is 4. The van der Waals surface area contributed by atoms with Crippen LogP contribution in [0, 0.1) is 0 Å². The Morgan fingerprint density at radius 2 is 1.92 bits per heavy atom. The summed E-state index contributed by atoms with van der Waals surface area (Å²) in [5.41, 5.74) is 0. The number of nitrogens with zero attached hydrogens (tertiary/aromatic N) is 1. The first-order chi connectivity index (χ1) is 5.88. The van der Waals surface area contributed by atoms with Crippen molar-refractivity contribution in [2.24, 2.45) is 0 Å². The van der Waals surface area contributed by atoms with Crippen molar-refractivity contribution in [2.75, 3.05) is 26.2 Å². The molecule has 1 saturated heterocycles. The van der Waals surface area contributed by atoms with Crippen LogP contribution in [0.15, 0.2) is 0 Å². The van der Waals surface area contributed by atoms with Crippen LogP contribution in [-0.2, 0) is 0 Å². The first-order valence-electron chi connectivity index (χ1n) is 5.33. The highest BCUT2D eigenvalue weighted by Crippen LogP contribution is 2.11. The molecule has 1 N–H and O–H groups in total. The lowest BCUT2D eigenvalue weighted by molar-refractivity contribution is 0.160. The van der Waals surface area contributed by atoms with Crippen LogP contribution in [-0.4, -0.2) is 37.1 Å². The lowest BCUT2D eigenvalue weighted by Gasteiger charge is -2.34. The molecule has 1 fully saturated rings. The Labute approximate surface area is 76.3 Å². The highest BCUT2D eigenvalue weighted by molar-refractivity contribution is 4.75. The molecule has 1 unspecified atom stereocenters. The van der Waals surface area contributed by atoms with E-state index in [1.54, 1.807) is 0 Å². The minimum Gasteiger partial charge on any atom is -0.314 e. The van der Waals surface area contributed by atoms with Crippen LogP contribution in [0.1, 0.15) is 33.1 Å². The van der Waals surface area contributed by atoms with Crippen LogP contribution >= 0.6 is 0 Å². The van der Waals surface area contributed by atoms with Crippen molar-refractivity contribution in [3.8, 4) is 0 Å². The summed E-state index contributed by atoms with van der Waals surface area (Å²) < 4.78 is 0. The summed E-state index contributed by atoms with van der Waals surface area (Å²) in [7, 11) is 0. The molecule has 0 aromatic carbocycles. The predicted molar refractivity (Wildman–Crippen MR) is 53.4 cm³/mol. The third kappa shape index (κ3) is 2.76. The van der Waals surface area contributed by atoms with Gasteiger partial charge in [-0.25, -0.2) is 0 Å². The van der Waals surface area contributed by atoms with Gasteiger partial charge in [-0.05, 0) is 12.8 Å². The van der Waals surface area contributed by atoms with E-state index in [-0.39, 0.29) is 0 Å². The largest absolute Gasteiger partial charge is 0.314 e. The van der Waals surface area contributed by atoms with Gasteiger partial charge in [0.25, 0.3) is 0 Å². The molecule has 0 radical (unpaired) electrons. The molecular formula is C10H22N2. The van der Waals surface area contributed by atoms with E-state index >= 15 is 0 Å². The summed E-state index contributed by atoms with van der Waals surface area (Å²) in [5.74, 6) is 0. The van der Waals surface area contributed by atoms with Gasteiger partial charge in [-0.2, -0.15) is 0 Å². The molecule has 72 valence electrons. The average Bonchev–Trinajstić information content (AvgIpc) is 2.15. The highest BCUT2D eigenvalue weighted by atomic mass is 15.2. The Morgan fingerprint density at radius 3 is 2.42 bits per heavy atom. The standard InChI is InChI=1S/C10H22N2/c1-3-5-10(4-2)12-8-6-11-7-9-12/h10-11H,3-9H2,1-2H3. The highest BCUT2D eigenvalue weighted by Gasteiger charge is 2.17. The smallest absolute Gasteiger partial charge is 0.0110 e. The molecule has 0 spiro atoms. The molecule has 1 aliphatic heterocycles. The summed E-state index contributed by atoms with van der Waals surface area (Å²) in [6, 6.07) is 0.845. The first-order valence-corrected chi connectivity index (χ1v) is 5.33. The Hall–Kier alpha value is -0.0800. The Bertz CT molecular complexity index is 106. The number of hydrogen-bond donors (Lipinski definition) is 1. The van der Waals surface area contributed by atoms with Gasteiger partial charge in [-0.15, -0.1) is 0 Å². The van der Waals surface area contributed by atoms with Crippen LogP contribution < -0.4 is 5.32 Å². The number of hydrogen-bond acceptors (Lipinski definition) is 2. The molecule has 0 aromatic rings.